The smallest absolute Gasteiger partial charge is 0.252 e. The van der Waals surface area contributed by atoms with E-state index in [1.807, 2.05) is 6.07 Å². The molecular formula is C9H13ClN4. The minimum absolute atomic E-state index is 0.231. The molecule has 0 fully saturated rings. The normalized spacial score (nSPS) is 12.4. The average molecular weight is 213 g/mol. The molecule has 1 atom stereocenters. The first-order valence-electron chi connectivity index (χ1n) is 4.61. The molecule has 5 heteroatoms. The zero-order valence-corrected chi connectivity index (χ0v) is 8.91. The molecule has 76 valence electrons. The molecule has 4 nitrogen and oxygen atoms in total. The van der Waals surface area contributed by atoms with Crippen LogP contribution in [0.25, 0.3) is 0 Å². The Bertz CT molecular complexity index is 315. The summed E-state index contributed by atoms with van der Waals surface area (Å²) in [6.45, 7) is 2.96. The molecule has 0 spiro atoms. The third kappa shape index (κ3) is 3.35. The number of rotatable bonds is 5. The van der Waals surface area contributed by atoms with E-state index in [0.717, 1.165) is 19.4 Å². The van der Waals surface area contributed by atoms with Crippen molar-refractivity contribution >= 4 is 11.6 Å². The number of aromatic nitrogens is 3. The van der Waals surface area contributed by atoms with Crippen molar-refractivity contribution in [2.45, 2.75) is 26.3 Å². The Labute approximate surface area is 88.5 Å². The standard InChI is InChI=1S/C9H13ClN4/c1-8(2-4-10)3-5-14-7-12-9(6-11)13-14/h7-8H,2-5H2,1H3. The van der Waals surface area contributed by atoms with Gasteiger partial charge in [-0.2, -0.15) is 5.26 Å². The Morgan fingerprint density at radius 3 is 3.00 bits per heavy atom. The van der Waals surface area contributed by atoms with Crippen molar-refractivity contribution in [1.82, 2.24) is 14.8 Å². The maximum absolute atomic E-state index is 8.51. The van der Waals surface area contributed by atoms with Crippen molar-refractivity contribution in [3.8, 4) is 6.07 Å². The molecule has 0 aliphatic rings. The van der Waals surface area contributed by atoms with E-state index >= 15 is 0 Å². The van der Waals surface area contributed by atoms with Gasteiger partial charge in [-0.3, -0.25) is 4.68 Å². The van der Waals surface area contributed by atoms with E-state index in [1.54, 1.807) is 11.0 Å². The molecule has 0 aliphatic carbocycles. The van der Waals surface area contributed by atoms with Crippen molar-refractivity contribution in [3.63, 3.8) is 0 Å². The van der Waals surface area contributed by atoms with Gasteiger partial charge < -0.3 is 0 Å². The molecule has 0 N–H and O–H groups in total. The van der Waals surface area contributed by atoms with E-state index in [0.29, 0.717) is 11.8 Å². The second-order valence-corrected chi connectivity index (χ2v) is 3.69. The second-order valence-electron chi connectivity index (χ2n) is 3.31. The summed E-state index contributed by atoms with van der Waals surface area (Å²) >= 11 is 5.63. The Morgan fingerprint density at radius 2 is 2.43 bits per heavy atom. The van der Waals surface area contributed by atoms with Crippen LogP contribution in [0.5, 0.6) is 0 Å². The SMILES string of the molecule is CC(CCCl)CCn1cnc(C#N)n1. The lowest BCUT2D eigenvalue weighted by Gasteiger charge is -2.07. The van der Waals surface area contributed by atoms with Crippen LogP contribution in [0.15, 0.2) is 6.33 Å². The van der Waals surface area contributed by atoms with Crippen molar-refractivity contribution in [2.24, 2.45) is 5.92 Å². The van der Waals surface area contributed by atoms with E-state index in [2.05, 4.69) is 17.0 Å². The highest BCUT2D eigenvalue weighted by atomic mass is 35.5. The minimum Gasteiger partial charge on any atom is -0.252 e. The quantitative estimate of drug-likeness (QED) is 0.700. The van der Waals surface area contributed by atoms with E-state index in [1.165, 1.54) is 0 Å². The lowest BCUT2D eigenvalue weighted by molar-refractivity contribution is 0.449. The van der Waals surface area contributed by atoms with Crippen LogP contribution in [0, 0.1) is 17.2 Å². The molecule has 0 amide bonds. The molecule has 1 unspecified atom stereocenters. The molecule has 0 bridgehead atoms. The third-order valence-electron chi connectivity index (χ3n) is 2.09. The summed E-state index contributed by atoms with van der Waals surface area (Å²) in [6.07, 6.45) is 3.62. The number of hydrogen-bond donors (Lipinski definition) is 0. The van der Waals surface area contributed by atoms with Crippen LogP contribution in [-0.4, -0.2) is 20.6 Å². The van der Waals surface area contributed by atoms with Crippen LogP contribution in [0.4, 0.5) is 0 Å². The van der Waals surface area contributed by atoms with Gasteiger partial charge in [0.2, 0.25) is 0 Å². The lowest BCUT2D eigenvalue weighted by atomic mass is 10.1. The van der Waals surface area contributed by atoms with Crippen molar-refractivity contribution in [1.29, 1.82) is 5.26 Å². The molecule has 1 aromatic heterocycles. The van der Waals surface area contributed by atoms with Gasteiger partial charge in [0.1, 0.15) is 12.4 Å². The van der Waals surface area contributed by atoms with Crippen molar-refractivity contribution in [2.75, 3.05) is 5.88 Å². The molecule has 1 heterocycles. The van der Waals surface area contributed by atoms with E-state index < -0.39 is 0 Å². The number of halogens is 1. The predicted molar refractivity (Wildman–Crippen MR) is 53.9 cm³/mol. The maximum Gasteiger partial charge on any atom is 0.252 e. The molecule has 0 aromatic carbocycles. The van der Waals surface area contributed by atoms with Crippen LogP contribution < -0.4 is 0 Å². The highest BCUT2D eigenvalue weighted by Gasteiger charge is 2.03. The number of nitrogens with zero attached hydrogens (tertiary/aromatic N) is 4. The first kappa shape index (κ1) is 11.0. The topological polar surface area (TPSA) is 54.5 Å². The predicted octanol–water partition coefficient (Wildman–Crippen LogP) is 1.80. The molecule has 1 rings (SSSR count). The Kier molecular flexibility index (Phi) is 4.41. The van der Waals surface area contributed by atoms with Gasteiger partial charge in [-0.05, 0) is 18.8 Å². The summed E-state index contributed by atoms with van der Waals surface area (Å²) in [7, 11) is 0. The summed E-state index contributed by atoms with van der Waals surface area (Å²) in [4.78, 5) is 3.82. The number of aryl methyl sites for hydroxylation is 1. The summed E-state index contributed by atoms with van der Waals surface area (Å²) in [6, 6.07) is 1.90. The van der Waals surface area contributed by atoms with Gasteiger partial charge in [-0.1, -0.05) is 6.92 Å². The van der Waals surface area contributed by atoms with E-state index in [9.17, 15) is 0 Å². The number of nitriles is 1. The van der Waals surface area contributed by atoms with Crippen LogP contribution in [-0.2, 0) is 6.54 Å². The Hall–Kier alpha value is -1.08. The summed E-state index contributed by atoms with van der Waals surface area (Å²) in [5.74, 6) is 1.51. The Balaban J connectivity index is 2.35. The largest absolute Gasteiger partial charge is 0.252 e. The maximum atomic E-state index is 8.51. The Morgan fingerprint density at radius 1 is 1.64 bits per heavy atom. The molecular weight excluding hydrogens is 200 g/mol. The molecule has 0 aliphatic heterocycles. The fourth-order valence-electron chi connectivity index (χ4n) is 1.14. The first-order chi connectivity index (χ1) is 6.76. The highest BCUT2D eigenvalue weighted by molar-refractivity contribution is 6.17. The van der Waals surface area contributed by atoms with Gasteiger partial charge >= 0.3 is 0 Å². The highest BCUT2D eigenvalue weighted by Crippen LogP contribution is 2.09. The molecule has 0 saturated heterocycles. The van der Waals surface area contributed by atoms with E-state index in [-0.39, 0.29) is 5.82 Å². The van der Waals surface area contributed by atoms with Gasteiger partial charge in [-0.25, -0.2) is 4.98 Å². The fraction of sp³-hybridized carbons (Fsp3) is 0.667. The summed E-state index contributed by atoms with van der Waals surface area (Å²) in [5.41, 5.74) is 0. The van der Waals surface area contributed by atoms with Gasteiger partial charge in [0.25, 0.3) is 5.82 Å². The van der Waals surface area contributed by atoms with Crippen LogP contribution >= 0.6 is 11.6 Å². The zero-order chi connectivity index (χ0) is 10.4. The fourth-order valence-corrected chi connectivity index (χ4v) is 1.51. The van der Waals surface area contributed by atoms with Gasteiger partial charge in [0, 0.05) is 12.4 Å². The summed E-state index contributed by atoms with van der Waals surface area (Å²) < 4.78 is 1.70. The zero-order valence-electron chi connectivity index (χ0n) is 8.15. The van der Waals surface area contributed by atoms with Crippen LogP contribution in [0.3, 0.4) is 0 Å². The monoisotopic (exact) mass is 212 g/mol. The van der Waals surface area contributed by atoms with Gasteiger partial charge in [0.05, 0.1) is 0 Å². The first-order valence-corrected chi connectivity index (χ1v) is 5.15. The second kappa shape index (κ2) is 5.61. The van der Waals surface area contributed by atoms with Crippen LogP contribution in [0.2, 0.25) is 0 Å². The minimum atomic E-state index is 0.231. The molecule has 0 saturated carbocycles. The lowest BCUT2D eigenvalue weighted by Crippen LogP contribution is -2.05. The van der Waals surface area contributed by atoms with Crippen molar-refractivity contribution < 1.29 is 0 Å². The van der Waals surface area contributed by atoms with Crippen LogP contribution in [0.1, 0.15) is 25.6 Å². The van der Waals surface area contributed by atoms with Gasteiger partial charge in [-0.15, -0.1) is 16.7 Å². The number of hydrogen-bond acceptors (Lipinski definition) is 3. The third-order valence-corrected chi connectivity index (χ3v) is 2.31. The van der Waals surface area contributed by atoms with E-state index in [4.69, 9.17) is 16.9 Å². The molecule has 0 radical (unpaired) electrons. The van der Waals surface area contributed by atoms with Crippen molar-refractivity contribution in [3.05, 3.63) is 12.2 Å². The van der Waals surface area contributed by atoms with Gasteiger partial charge in [0.15, 0.2) is 0 Å². The molecule has 14 heavy (non-hydrogen) atoms. The molecule has 1 aromatic rings. The number of alkyl halides is 1. The average Bonchev–Trinajstić information content (AvgIpc) is 2.63. The summed E-state index contributed by atoms with van der Waals surface area (Å²) in [5, 5.41) is 12.5.